The van der Waals surface area contributed by atoms with Crippen molar-refractivity contribution in [3.63, 3.8) is 0 Å². The van der Waals surface area contributed by atoms with Crippen molar-refractivity contribution < 1.29 is 14.3 Å². The Hall–Kier alpha value is -2.16. The van der Waals surface area contributed by atoms with Gasteiger partial charge in [-0.25, -0.2) is 0 Å². The fraction of sp³-hybridized carbons (Fsp3) is 0.0769. The molecule has 1 aliphatic carbocycles. The van der Waals surface area contributed by atoms with Crippen molar-refractivity contribution in [2.24, 2.45) is 0 Å². The quantitative estimate of drug-likeness (QED) is 0.485. The topological polar surface area (TPSA) is 43.4 Å². The Kier molecular flexibility index (Phi) is 1.80. The molecule has 0 saturated carbocycles. The zero-order valence-electron chi connectivity index (χ0n) is 8.40. The summed E-state index contributed by atoms with van der Waals surface area (Å²) >= 11 is 0. The van der Waals surface area contributed by atoms with Gasteiger partial charge in [-0.2, -0.15) is 0 Å². The van der Waals surface area contributed by atoms with Crippen LogP contribution in [0.5, 0.6) is 0 Å². The number of benzene rings is 1. The summed E-state index contributed by atoms with van der Waals surface area (Å²) in [6.07, 6.45) is 2.82. The Morgan fingerprint density at radius 2 is 1.88 bits per heavy atom. The summed E-state index contributed by atoms with van der Waals surface area (Å²) in [5, 5.41) is 0. The zero-order chi connectivity index (χ0) is 11.1. The Morgan fingerprint density at radius 3 is 2.75 bits per heavy atom. The molecule has 0 aromatic heterocycles. The van der Waals surface area contributed by atoms with Crippen molar-refractivity contribution in [2.45, 2.75) is 6.61 Å². The molecule has 1 heterocycles. The van der Waals surface area contributed by atoms with Crippen LogP contribution in [-0.4, -0.2) is 11.6 Å². The lowest BCUT2D eigenvalue weighted by Gasteiger charge is -2.22. The highest BCUT2D eigenvalue weighted by Crippen LogP contribution is 2.32. The maximum Gasteiger partial charge on any atom is 0.237 e. The molecule has 2 aliphatic rings. The van der Waals surface area contributed by atoms with E-state index in [-0.39, 0.29) is 0 Å². The third-order valence-electron chi connectivity index (χ3n) is 2.75. The zero-order valence-corrected chi connectivity index (χ0v) is 8.40. The predicted molar refractivity (Wildman–Crippen MR) is 57.3 cm³/mol. The van der Waals surface area contributed by atoms with E-state index in [0.29, 0.717) is 17.9 Å². The van der Waals surface area contributed by atoms with Crippen molar-refractivity contribution in [3.05, 3.63) is 53.3 Å². The second-order valence-corrected chi connectivity index (χ2v) is 3.71. The summed E-state index contributed by atoms with van der Waals surface area (Å²) in [6, 6.07) is 7.48. The smallest absolute Gasteiger partial charge is 0.237 e. The van der Waals surface area contributed by atoms with E-state index in [1.54, 1.807) is 6.08 Å². The Balaban J connectivity index is 2.26. The fourth-order valence-corrected chi connectivity index (χ4v) is 1.97. The first-order valence-corrected chi connectivity index (χ1v) is 4.99. The predicted octanol–water partition coefficient (Wildman–Crippen LogP) is 1.64. The van der Waals surface area contributed by atoms with Gasteiger partial charge in [0.2, 0.25) is 11.6 Å². The van der Waals surface area contributed by atoms with Gasteiger partial charge in [-0.05, 0) is 23.3 Å². The fourth-order valence-electron chi connectivity index (χ4n) is 1.97. The highest BCUT2D eigenvalue weighted by Gasteiger charge is 2.30. The molecule has 0 bridgehead atoms. The average Bonchev–Trinajstić information content (AvgIpc) is 2.33. The van der Waals surface area contributed by atoms with Crippen LogP contribution < -0.4 is 0 Å². The van der Waals surface area contributed by atoms with E-state index in [2.05, 4.69) is 0 Å². The van der Waals surface area contributed by atoms with Gasteiger partial charge in [-0.1, -0.05) is 24.3 Å². The van der Waals surface area contributed by atoms with Crippen LogP contribution in [0.2, 0.25) is 0 Å². The molecule has 1 aliphatic heterocycles. The van der Waals surface area contributed by atoms with Crippen LogP contribution in [0, 0.1) is 0 Å². The van der Waals surface area contributed by atoms with Crippen LogP contribution in [0.3, 0.4) is 0 Å². The lowest BCUT2D eigenvalue weighted by Crippen LogP contribution is -2.22. The molecule has 0 atom stereocenters. The van der Waals surface area contributed by atoms with Gasteiger partial charge in [-0.3, -0.25) is 9.59 Å². The van der Waals surface area contributed by atoms with E-state index in [9.17, 15) is 9.59 Å². The number of allylic oxidation sites excluding steroid dienone is 3. The van der Waals surface area contributed by atoms with E-state index < -0.39 is 11.6 Å². The van der Waals surface area contributed by atoms with E-state index in [1.807, 2.05) is 24.3 Å². The minimum Gasteiger partial charge on any atom is -0.488 e. The number of carbonyl (C=O) groups is 2. The molecular weight excluding hydrogens is 204 g/mol. The summed E-state index contributed by atoms with van der Waals surface area (Å²) < 4.78 is 5.45. The van der Waals surface area contributed by atoms with Gasteiger partial charge in [0, 0.05) is 0 Å². The van der Waals surface area contributed by atoms with Crippen LogP contribution in [0.15, 0.2) is 42.2 Å². The van der Waals surface area contributed by atoms with Gasteiger partial charge in [0.25, 0.3) is 0 Å². The molecule has 3 rings (SSSR count). The molecular formula is C13H8O3. The van der Waals surface area contributed by atoms with Crippen molar-refractivity contribution in [1.82, 2.24) is 0 Å². The van der Waals surface area contributed by atoms with Crippen LogP contribution in [0.4, 0.5) is 0 Å². The summed E-state index contributed by atoms with van der Waals surface area (Å²) in [4.78, 5) is 23.1. The Morgan fingerprint density at radius 1 is 1.06 bits per heavy atom. The number of carbonyl (C=O) groups excluding carboxylic acids is 2. The lowest BCUT2D eigenvalue weighted by molar-refractivity contribution is -0.130. The minimum atomic E-state index is -0.487. The van der Waals surface area contributed by atoms with Gasteiger partial charge in [-0.15, -0.1) is 0 Å². The average molecular weight is 212 g/mol. The molecule has 0 N–H and O–H groups in total. The summed E-state index contributed by atoms with van der Waals surface area (Å²) in [6.45, 7) is 0.445. The van der Waals surface area contributed by atoms with Gasteiger partial charge < -0.3 is 4.74 Å². The number of ketones is 2. The molecule has 0 unspecified atom stereocenters. The SMILES string of the molecule is O=C1C=CC2=C(C1=O)c1ccccc1CO2. The highest BCUT2D eigenvalue weighted by atomic mass is 16.5. The van der Waals surface area contributed by atoms with Gasteiger partial charge >= 0.3 is 0 Å². The monoisotopic (exact) mass is 212 g/mol. The van der Waals surface area contributed by atoms with Crippen LogP contribution in [0.25, 0.3) is 5.57 Å². The van der Waals surface area contributed by atoms with Gasteiger partial charge in [0.05, 0.1) is 5.57 Å². The first kappa shape index (κ1) is 9.09. The van der Waals surface area contributed by atoms with Crippen LogP contribution in [0.1, 0.15) is 11.1 Å². The molecule has 16 heavy (non-hydrogen) atoms. The van der Waals surface area contributed by atoms with Crippen molar-refractivity contribution in [2.75, 3.05) is 0 Å². The van der Waals surface area contributed by atoms with Crippen molar-refractivity contribution >= 4 is 17.1 Å². The molecule has 1 aromatic rings. The maximum atomic E-state index is 11.8. The van der Waals surface area contributed by atoms with Gasteiger partial charge in [0.1, 0.15) is 12.4 Å². The molecule has 0 radical (unpaired) electrons. The first-order valence-electron chi connectivity index (χ1n) is 4.99. The van der Waals surface area contributed by atoms with Crippen LogP contribution >= 0.6 is 0 Å². The van der Waals surface area contributed by atoms with Crippen molar-refractivity contribution in [3.8, 4) is 0 Å². The first-order chi connectivity index (χ1) is 7.77. The molecule has 3 nitrogen and oxygen atoms in total. The van der Waals surface area contributed by atoms with Gasteiger partial charge in [0.15, 0.2) is 0 Å². The number of rotatable bonds is 0. The molecule has 0 spiro atoms. The number of hydrogen-bond donors (Lipinski definition) is 0. The Bertz CT molecular complexity index is 564. The summed E-state index contributed by atoms with van der Waals surface area (Å²) in [5.41, 5.74) is 2.15. The molecule has 0 saturated heterocycles. The summed E-state index contributed by atoms with van der Waals surface area (Å²) in [5.74, 6) is -0.466. The third-order valence-corrected chi connectivity index (χ3v) is 2.75. The second kappa shape index (κ2) is 3.17. The van der Waals surface area contributed by atoms with E-state index >= 15 is 0 Å². The maximum absolute atomic E-state index is 11.8. The molecule has 3 heteroatoms. The van der Waals surface area contributed by atoms with E-state index in [0.717, 1.165) is 11.1 Å². The number of hydrogen-bond acceptors (Lipinski definition) is 3. The van der Waals surface area contributed by atoms with Crippen molar-refractivity contribution in [1.29, 1.82) is 0 Å². The normalized spacial score (nSPS) is 18.0. The molecule has 0 amide bonds. The second-order valence-electron chi connectivity index (χ2n) is 3.71. The number of Topliss-reactive ketones (excluding diaryl/α,β-unsaturated/α-hetero) is 1. The van der Waals surface area contributed by atoms with E-state index in [4.69, 9.17) is 4.74 Å². The molecule has 1 aromatic carbocycles. The largest absolute Gasteiger partial charge is 0.488 e. The molecule has 0 fully saturated rings. The number of fused-ring (bicyclic) bond motifs is 2. The van der Waals surface area contributed by atoms with Crippen LogP contribution in [-0.2, 0) is 20.9 Å². The summed E-state index contributed by atoms with van der Waals surface area (Å²) in [7, 11) is 0. The van der Waals surface area contributed by atoms with E-state index in [1.165, 1.54) is 6.08 Å². The standard InChI is InChI=1S/C13H8O3/c14-10-5-6-11-12(13(10)15)9-4-2-1-3-8(9)7-16-11/h1-6H,7H2. The lowest BCUT2D eigenvalue weighted by atomic mass is 9.89. The Labute approximate surface area is 92.0 Å². The highest BCUT2D eigenvalue weighted by molar-refractivity contribution is 6.58. The number of ether oxygens (including phenoxy) is 1. The third kappa shape index (κ3) is 1.15. The molecule has 78 valence electrons. The minimum absolute atomic E-state index is 0.398.